The van der Waals surface area contributed by atoms with Crippen LogP contribution < -0.4 is 4.90 Å². The van der Waals surface area contributed by atoms with Crippen molar-refractivity contribution in [1.29, 1.82) is 0 Å². The van der Waals surface area contributed by atoms with Crippen LogP contribution in [0.2, 0.25) is 0 Å². The Bertz CT molecular complexity index is 805. The average Bonchev–Trinajstić information content (AvgIpc) is 3.43. The molecule has 4 nitrogen and oxygen atoms in total. The van der Waals surface area contributed by atoms with Gasteiger partial charge in [0.2, 0.25) is 5.91 Å². The fourth-order valence-electron chi connectivity index (χ4n) is 3.56. The normalized spacial score (nSPS) is 14.6. The lowest BCUT2D eigenvalue weighted by molar-refractivity contribution is -0.133. The number of benzene rings is 1. The number of hydrogen-bond donors (Lipinski definition) is 0. The van der Waals surface area contributed by atoms with E-state index in [2.05, 4.69) is 69.1 Å². The summed E-state index contributed by atoms with van der Waals surface area (Å²) in [5.74, 6) is 0.237. The molecule has 1 aliphatic rings. The lowest BCUT2D eigenvalue weighted by atomic mass is 10.2. The van der Waals surface area contributed by atoms with Crippen molar-refractivity contribution >= 4 is 34.3 Å². The van der Waals surface area contributed by atoms with Crippen molar-refractivity contribution in [1.82, 2.24) is 9.80 Å². The first-order valence-corrected chi connectivity index (χ1v) is 11.4. The van der Waals surface area contributed by atoms with Crippen molar-refractivity contribution in [3.63, 3.8) is 0 Å². The van der Waals surface area contributed by atoms with Gasteiger partial charge in [0.15, 0.2) is 0 Å². The summed E-state index contributed by atoms with van der Waals surface area (Å²) in [6.45, 7) is 5.49. The van der Waals surface area contributed by atoms with Gasteiger partial charge < -0.3 is 9.80 Å². The summed E-state index contributed by atoms with van der Waals surface area (Å²) in [5, 5.41) is 4.20. The molecule has 0 bridgehead atoms. The molecule has 0 radical (unpaired) electrons. The largest absolute Gasteiger partial charge is 0.368 e. The Labute approximate surface area is 174 Å². The van der Waals surface area contributed by atoms with E-state index in [1.54, 1.807) is 22.7 Å². The van der Waals surface area contributed by atoms with E-state index in [9.17, 15) is 4.79 Å². The summed E-state index contributed by atoms with van der Waals surface area (Å²) in [6, 6.07) is 18.9. The van der Waals surface area contributed by atoms with Gasteiger partial charge in [-0.05, 0) is 35.0 Å². The lowest BCUT2D eigenvalue weighted by Crippen LogP contribution is -2.51. The van der Waals surface area contributed by atoms with Gasteiger partial charge in [0, 0.05) is 54.7 Å². The summed E-state index contributed by atoms with van der Waals surface area (Å²) in [6.07, 6.45) is 0. The summed E-state index contributed by atoms with van der Waals surface area (Å²) in [7, 11) is 0. The Morgan fingerprint density at radius 2 is 1.43 bits per heavy atom. The van der Waals surface area contributed by atoms with E-state index >= 15 is 0 Å². The molecule has 0 saturated carbocycles. The van der Waals surface area contributed by atoms with Crippen molar-refractivity contribution in [2.45, 2.75) is 13.1 Å². The highest BCUT2D eigenvalue weighted by atomic mass is 32.1. The number of rotatable bonds is 7. The number of carbonyl (C=O) groups is 1. The molecule has 1 aliphatic heterocycles. The van der Waals surface area contributed by atoms with Crippen molar-refractivity contribution in [3.8, 4) is 0 Å². The molecule has 4 rings (SSSR count). The second-order valence-corrected chi connectivity index (χ2v) is 9.07. The molecule has 0 spiro atoms. The van der Waals surface area contributed by atoms with Gasteiger partial charge in [0.1, 0.15) is 0 Å². The minimum atomic E-state index is 0.237. The number of nitrogens with zero attached hydrogens (tertiary/aromatic N) is 3. The minimum Gasteiger partial charge on any atom is -0.368 e. The van der Waals surface area contributed by atoms with Crippen LogP contribution in [0.5, 0.6) is 0 Å². The van der Waals surface area contributed by atoms with E-state index in [1.807, 2.05) is 11.0 Å². The molecule has 0 unspecified atom stereocenters. The highest BCUT2D eigenvalue weighted by Crippen LogP contribution is 2.19. The zero-order chi connectivity index (χ0) is 19.2. The van der Waals surface area contributed by atoms with Crippen molar-refractivity contribution in [2.75, 3.05) is 37.6 Å². The van der Waals surface area contributed by atoms with Gasteiger partial charge >= 0.3 is 0 Å². The molecule has 1 aromatic carbocycles. The van der Waals surface area contributed by atoms with Crippen LogP contribution >= 0.6 is 22.7 Å². The quantitative estimate of drug-likeness (QED) is 0.584. The van der Waals surface area contributed by atoms with E-state index in [4.69, 9.17) is 0 Å². The number of thiophene rings is 2. The second-order valence-electron chi connectivity index (χ2n) is 7.01. The van der Waals surface area contributed by atoms with Gasteiger partial charge in [-0.25, -0.2) is 0 Å². The molecular weight excluding hydrogens is 386 g/mol. The molecule has 0 atom stereocenters. The van der Waals surface area contributed by atoms with Crippen LogP contribution in [-0.4, -0.2) is 48.4 Å². The Morgan fingerprint density at radius 3 is 1.96 bits per heavy atom. The van der Waals surface area contributed by atoms with Crippen LogP contribution in [0.15, 0.2) is 65.4 Å². The molecular formula is C22H25N3OS2. The summed E-state index contributed by atoms with van der Waals surface area (Å²) in [5.41, 5.74) is 1.24. The third kappa shape index (κ3) is 5.01. The first-order valence-electron chi connectivity index (χ1n) is 9.63. The van der Waals surface area contributed by atoms with Crippen LogP contribution in [0.25, 0.3) is 0 Å². The SMILES string of the molecule is O=C(CN(Cc1cccs1)Cc1cccs1)N1CCN(c2ccccc2)CC1. The predicted octanol–water partition coefficient (Wildman–Crippen LogP) is 4.16. The molecule has 2 aromatic heterocycles. The smallest absolute Gasteiger partial charge is 0.236 e. The average molecular weight is 412 g/mol. The topological polar surface area (TPSA) is 26.8 Å². The van der Waals surface area contributed by atoms with Crippen molar-refractivity contribution in [2.24, 2.45) is 0 Å². The van der Waals surface area contributed by atoms with Crippen LogP contribution in [0, 0.1) is 0 Å². The zero-order valence-electron chi connectivity index (χ0n) is 15.9. The van der Waals surface area contributed by atoms with E-state index in [1.165, 1.54) is 15.4 Å². The predicted molar refractivity (Wildman–Crippen MR) is 118 cm³/mol. The Hall–Kier alpha value is -2.15. The van der Waals surface area contributed by atoms with Gasteiger partial charge in [-0.2, -0.15) is 0 Å². The van der Waals surface area contributed by atoms with Crippen LogP contribution in [0.1, 0.15) is 9.75 Å². The molecule has 1 amide bonds. The van der Waals surface area contributed by atoms with Crippen LogP contribution in [0.3, 0.4) is 0 Å². The zero-order valence-corrected chi connectivity index (χ0v) is 17.5. The molecule has 3 aromatic rings. The number of carbonyl (C=O) groups excluding carboxylic acids is 1. The van der Waals surface area contributed by atoms with E-state index in [0.717, 1.165) is 39.3 Å². The molecule has 3 heterocycles. The van der Waals surface area contributed by atoms with E-state index in [0.29, 0.717) is 6.54 Å². The highest BCUT2D eigenvalue weighted by Gasteiger charge is 2.23. The maximum Gasteiger partial charge on any atom is 0.236 e. The third-order valence-electron chi connectivity index (χ3n) is 5.03. The Balaban J connectivity index is 1.34. The molecule has 28 heavy (non-hydrogen) atoms. The number of amides is 1. The van der Waals surface area contributed by atoms with Gasteiger partial charge in [-0.15, -0.1) is 22.7 Å². The molecule has 6 heteroatoms. The van der Waals surface area contributed by atoms with Gasteiger partial charge in [0.05, 0.1) is 6.54 Å². The first kappa shape index (κ1) is 19.2. The molecule has 1 saturated heterocycles. The second kappa shape index (κ2) is 9.37. The summed E-state index contributed by atoms with van der Waals surface area (Å²) in [4.78, 5) is 22.2. The molecule has 1 fully saturated rings. The van der Waals surface area contributed by atoms with Crippen molar-refractivity contribution < 1.29 is 4.79 Å². The summed E-state index contributed by atoms with van der Waals surface area (Å²) >= 11 is 3.51. The highest BCUT2D eigenvalue weighted by molar-refractivity contribution is 7.10. The molecule has 0 aliphatic carbocycles. The monoisotopic (exact) mass is 411 g/mol. The van der Waals surface area contributed by atoms with Gasteiger partial charge in [-0.1, -0.05) is 30.3 Å². The number of piperazine rings is 1. The molecule has 146 valence electrons. The van der Waals surface area contributed by atoms with E-state index < -0.39 is 0 Å². The maximum absolute atomic E-state index is 13.0. The minimum absolute atomic E-state index is 0.237. The number of anilines is 1. The first-order chi connectivity index (χ1) is 13.8. The van der Waals surface area contributed by atoms with Crippen LogP contribution in [-0.2, 0) is 17.9 Å². The molecule has 0 N–H and O–H groups in total. The number of hydrogen-bond acceptors (Lipinski definition) is 5. The standard InChI is InChI=1S/C22H25N3OS2/c26-22(25-12-10-24(11-13-25)19-6-2-1-3-7-19)18-23(16-20-8-4-14-27-20)17-21-9-5-15-28-21/h1-9,14-15H,10-13,16-18H2. The van der Waals surface area contributed by atoms with E-state index in [-0.39, 0.29) is 5.91 Å². The van der Waals surface area contributed by atoms with Gasteiger partial charge in [0.25, 0.3) is 0 Å². The fourth-order valence-corrected chi connectivity index (χ4v) is 5.05. The maximum atomic E-state index is 13.0. The third-order valence-corrected chi connectivity index (χ3v) is 6.75. The van der Waals surface area contributed by atoms with Gasteiger partial charge in [-0.3, -0.25) is 9.69 Å². The Kier molecular flexibility index (Phi) is 6.41. The Morgan fingerprint density at radius 1 is 0.821 bits per heavy atom. The van der Waals surface area contributed by atoms with Crippen LogP contribution in [0.4, 0.5) is 5.69 Å². The fraction of sp³-hybridized carbons (Fsp3) is 0.318. The van der Waals surface area contributed by atoms with Crippen molar-refractivity contribution in [3.05, 3.63) is 75.1 Å². The summed E-state index contributed by atoms with van der Waals surface area (Å²) < 4.78 is 0. The lowest BCUT2D eigenvalue weighted by Gasteiger charge is -2.37. The number of para-hydroxylation sites is 1.